The highest BCUT2D eigenvalue weighted by Crippen LogP contribution is 2.25. The van der Waals surface area contributed by atoms with Crippen molar-refractivity contribution in [2.45, 2.75) is 0 Å². The standard InChI is InChI=1S/C19H16ClN3O2S/c1-23(2)19(25)13-4-3-5-15(10-13)21-17(24)16-11-26-18(22-16)12-6-8-14(20)9-7-12/h3-11H,1-2H3,(H,21,24). The van der Waals surface area contributed by atoms with Crippen LogP contribution in [0.4, 0.5) is 5.69 Å². The van der Waals surface area contributed by atoms with Gasteiger partial charge >= 0.3 is 0 Å². The van der Waals surface area contributed by atoms with E-state index in [9.17, 15) is 9.59 Å². The molecule has 132 valence electrons. The summed E-state index contributed by atoms with van der Waals surface area (Å²) in [4.78, 5) is 30.3. The van der Waals surface area contributed by atoms with Crippen molar-refractivity contribution in [3.8, 4) is 10.6 Å². The third-order valence-electron chi connectivity index (χ3n) is 3.60. The average molecular weight is 386 g/mol. The lowest BCUT2D eigenvalue weighted by Gasteiger charge is -2.11. The fraction of sp³-hybridized carbons (Fsp3) is 0.105. The van der Waals surface area contributed by atoms with E-state index in [1.807, 2.05) is 12.1 Å². The van der Waals surface area contributed by atoms with Crippen molar-refractivity contribution in [1.82, 2.24) is 9.88 Å². The maximum Gasteiger partial charge on any atom is 0.275 e. The molecule has 3 rings (SSSR count). The lowest BCUT2D eigenvalue weighted by atomic mass is 10.2. The molecule has 1 heterocycles. The molecule has 5 nitrogen and oxygen atoms in total. The Labute approximate surface area is 160 Å². The Morgan fingerprint density at radius 2 is 1.85 bits per heavy atom. The van der Waals surface area contributed by atoms with Crippen molar-refractivity contribution >= 4 is 40.4 Å². The molecule has 2 amide bonds. The normalized spacial score (nSPS) is 10.4. The number of amides is 2. The van der Waals surface area contributed by atoms with Crippen LogP contribution in [0.25, 0.3) is 10.6 Å². The first-order valence-electron chi connectivity index (χ1n) is 7.78. The van der Waals surface area contributed by atoms with Crippen LogP contribution in [0.2, 0.25) is 5.02 Å². The van der Waals surface area contributed by atoms with Crippen LogP contribution in [0.1, 0.15) is 20.8 Å². The van der Waals surface area contributed by atoms with Gasteiger partial charge in [0.1, 0.15) is 10.7 Å². The fourth-order valence-electron chi connectivity index (χ4n) is 2.29. The second-order valence-electron chi connectivity index (χ2n) is 5.78. The van der Waals surface area contributed by atoms with Crippen molar-refractivity contribution in [3.05, 3.63) is 70.2 Å². The molecule has 0 atom stereocenters. The van der Waals surface area contributed by atoms with Gasteiger partial charge < -0.3 is 10.2 Å². The number of carbonyl (C=O) groups is 2. The lowest BCUT2D eigenvalue weighted by Crippen LogP contribution is -2.22. The highest BCUT2D eigenvalue weighted by atomic mass is 35.5. The maximum absolute atomic E-state index is 12.4. The molecule has 7 heteroatoms. The summed E-state index contributed by atoms with van der Waals surface area (Å²) in [5.74, 6) is -0.448. The molecular formula is C19H16ClN3O2S. The van der Waals surface area contributed by atoms with E-state index in [1.54, 1.807) is 55.9 Å². The van der Waals surface area contributed by atoms with Crippen LogP contribution < -0.4 is 5.32 Å². The number of thiazole rings is 1. The summed E-state index contributed by atoms with van der Waals surface area (Å²) >= 11 is 7.27. The summed E-state index contributed by atoms with van der Waals surface area (Å²) in [5, 5.41) is 5.87. The van der Waals surface area contributed by atoms with Crippen molar-refractivity contribution in [2.75, 3.05) is 19.4 Å². The van der Waals surface area contributed by atoms with Gasteiger partial charge in [-0.15, -0.1) is 11.3 Å². The van der Waals surface area contributed by atoms with E-state index in [1.165, 1.54) is 16.2 Å². The number of hydrogen-bond donors (Lipinski definition) is 1. The molecule has 3 aromatic rings. The van der Waals surface area contributed by atoms with Gasteiger partial charge in [0.25, 0.3) is 11.8 Å². The smallest absolute Gasteiger partial charge is 0.275 e. The number of aromatic nitrogens is 1. The van der Waals surface area contributed by atoms with Gasteiger partial charge in [-0.2, -0.15) is 0 Å². The van der Waals surface area contributed by atoms with Gasteiger partial charge in [0.15, 0.2) is 0 Å². The minimum absolute atomic E-state index is 0.125. The molecule has 0 radical (unpaired) electrons. The van der Waals surface area contributed by atoms with E-state index in [-0.39, 0.29) is 11.8 Å². The van der Waals surface area contributed by atoms with E-state index in [2.05, 4.69) is 10.3 Å². The molecule has 0 spiro atoms. The Kier molecular flexibility index (Phi) is 5.35. The molecular weight excluding hydrogens is 370 g/mol. The van der Waals surface area contributed by atoms with Gasteiger partial charge in [0.2, 0.25) is 0 Å². The number of halogens is 1. The van der Waals surface area contributed by atoms with E-state index in [0.717, 1.165) is 10.6 Å². The second kappa shape index (κ2) is 7.68. The van der Waals surface area contributed by atoms with Gasteiger partial charge in [-0.1, -0.05) is 29.8 Å². The minimum atomic E-state index is -0.323. The zero-order chi connectivity index (χ0) is 18.7. The molecule has 0 aliphatic rings. The Morgan fingerprint density at radius 3 is 2.54 bits per heavy atom. The Hall–Kier alpha value is -2.70. The predicted octanol–water partition coefficient (Wildman–Crippen LogP) is 4.42. The van der Waals surface area contributed by atoms with Gasteiger partial charge in [-0.3, -0.25) is 9.59 Å². The van der Waals surface area contributed by atoms with Crippen molar-refractivity contribution in [3.63, 3.8) is 0 Å². The van der Waals surface area contributed by atoms with Crippen LogP contribution in [-0.2, 0) is 0 Å². The van der Waals surface area contributed by atoms with Crippen molar-refractivity contribution < 1.29 is 9.59 Å². The summed E-state index contributed by atoms with van der Waals surface area (Å²) in [6.07, 6.45) is 0. The molecule has 1 aromatic heterocycles. The number of carbonyl (C=O) groups excluding carboxylic acids is 2. The minimum Gasteiger partial charge on any atom is -0.345 e. The molecule has 0 saturated carbocycles. The molecule has 0 aliphatic carbocycles. The molecule has 1 N–H and O–H groups in total. The van der Waals surface area contributed by atoms with Crippen LogP contribution >= 0.6 is 22.9 Å². The molecule has 0 bridgehead atoms. The van der Waals surface area contributed by atoms with Gasteiger partial charge in [0, 0.05) is 41.3 Å². The number of rotatable bonds is 4. The largest absolute Gasteiger partial charge is 0.345 e. The summed E-state index contributed by atoms with van der Waals surface area (Å²) in [6, 6.07) is 14.1. The van der Waals surface area contributed by atoms with Gasteiger partial charge in [-0.25, -0.2) is 4.98 Å². The number of nitrogens with one attached hydrogen (secondary N) is 1. The molecule has 2 aromatic carbocycles. The lowest BCUT2D eigenvalue weighted by molar-refractivity contribution is 0.0827. The fourth-order valence-corrected chi connectivity index (χ4v) is 3.22. The van der Waals surface area contributed by atoms with Crippen LogP contribution in [-0.4, -0.2) is 35.8 Å². The summed E-state index contributed by atoms with van der Waals surface area (Å²) in [7, 11) is 3.36. The van der Waals surface area contributed by atoms with Crippen molar-refractivity contribution in [1.29, 1.82) is 0 Å². The Bertz CT molecular complexity index is 951. The summed E-state index contributed by atoms with van der Waals surface area (Å²) in [5.41, 5.74) is 2.28. The molecule has 0 fully saturated rings. The molecule has 0 saturated heterocycles. The maximum atomic E-state index is 12.4. The third-order valence-corrected chi connectivity index (χ3v) is 4.74. The van der Waals surface area contributed by atoms with Crippen LogP contribution in [0, 0.1) is 0 Å². The average Bonchev–Trinajstić information content (AvgIpc) is 3.12. The Balaban J connectivity index is 1.76. The van der Waals surface area contributed by atoms with Crippen LogP contribution in [0.5, 0.6) is 0 Å². The van der Waals surface area contributed by atoms with Gasteiger partial charge in [0.05, 0.1) is 0 Å². The highest BCUT2D eigenvalue weighted by Gasteiger charge is 2.14. The third kappa shape index (κ3) is 4.09. The second-order valence-corrected chi connectivity index (χ2v) is 7.07. The quantitative estimate of drug-likeness (QED) is 0.723. The number of benzene rings is 2. The van der Waals surface area contributed by atoms with E-state index in [4.69, 9.17) is 11.6 Å². The Morgan fingerprint density at radius 1 is 1.12 bits per heavy atom. The first-order valence-corrected chi connectivity index (χ1v) is 9.04. The zero-order valence-electron chi connectivity index (χ0n) is 14.2. The number of nitrogens with zero attached hydrogens (tertiary/aromatic N) is 2. The zero-order valence-corrected chi connectivity index (χ0v) is 15.8. The molecule has 0 aliphatic heterocycles. The monoisotopic (exact) mass is 385 g/mol. The summed E-state index contributed by atoms with van der Waals surface area (Å²) < 4.78 is 0. The van der Waals surface area contributed by atoms with Crippen LogP contribution in [0.15, 0.2) is 53.9 Å². The number of anilines is 1. The molecule has 26 heavy (non-hydrogen) atoms. The molecule has 0 unspecified atom stereocenters. The SMILES string of the molecule is CN(C)C(=O)c1cccc(NC(=O)c2csc(-c3ccc(Cl)cc3)n2)c1. The van der Waals surface area contributed by atoms with Crippen molar-refractivity contribution in [2.24, 2.45) is 0 Å². The number of hydrogen-bond acceptors (Lipinski definition) is 4. The highest BCUT2D eigenvalue weighted by molar-refractivity contribution is 7.13. The summed E-state index contributed by atoms with van der Waals surface area (Å²) in [6.45, 7) is 0. The first-order chi connectivity index (χ1) is 12.4. The van der Waals surface area contributed by atoms with E-state index in [0.29, 0.717) is 22.0 Å². The van der Waals surface area contributed by atoms with Crippen LogP contribution in [0.3, 0.4) is 0 Å². The van der Waals surface area contributed by atoms with E-state index >= 15 is 0 Å². The topological polar surface area (TPSA) is 62.3 Å². The van der Waals surface area contributed by atoms with E-state index < -0.39 is 0 Å². The van der Waals surface area contributed by atoms with Gasteiger partial charge in [-0.05, 0) is 30.3 Å². The predicted molar refractivity (Wildman–Crippen MR) is 105 cm³/mol. The first kappa shape index (κ1) is 18.1.